The lowest BCUT2D eigenvalue weighted by atomic mass is 10.1. The molecular formula is C25H26N6O4S. The van der Waals surface area contributed by atoms with E-state index in [1.165, 1.54) is 12.1 Å². The second kappa shape index (κ2) is 9.83. The fourth-order valence-corrected chi connectivity index (χ4v) is 5.85. The van der Waals surface area contributed by atoms with Crippen molar-refractivity contribution in [3.05, 3.63) is 66.4 Å². The van der Waals surface area contributed by atoms with Crippen molar-refractivity contribution in [1.82, 2.24) is 14.7 Å². The van der Waals surface area contributed by atoms with Crippen molar-refractivity contribution in [2.24, 2.45) is 0 Å². The molecule has 2 aliphatic heterocycles. The summed E-state index contributed by atoms with van der Waals surface area (Å²) >= 11 is 0. The molecule has 0 saturated carbocycles. The van der Waals surface area contributed by atoms with Gasteiger partial charge in [-0.3, -0.25) is 0 Å². The summed E-state index contributed by atoms with van der Waals surface area (Å²) in [6, 6.07) is 17.1. The van der Waals surface area contributed by atoms with Crippen LogP contribution >= 0.6 is 0 Å². The van der Waals surface area contributed by atoms with E-state index in [1.54, 1.807) is 18.3 Å². The van der Waals surface area contributed by atoms with Gasteiger partial charge in [-0.1, -0.05) is 24.3 Å². The van der Waals surface area contributed by atoms with Crippen molar-refractivity contribution < 1.29 is 17.9 Å². The predicted octanol–water partition coefficient (Wildman–Crippen LogP) is 2.01. The average molecular weight is 507 g/mol. The fraction of sp³-hybridized carbons (Fsp3) is 0.320. The Bertz CT molecular complexity index is 1390. The van der Waals surface area contributed by atoms with Crippen LogP contribution in [0.25, 0.3) is 11.3 Å². The van der Waals surface area contributed by atoms with E-state index in [9.17, 15) is 13.7 Å². The third-order valence-corrected chi connectivity index (χ3v) is 7.85. The molecule has 2 saturated heterocycles. The second-order valence-electron chi connectivity index (χ2n) is 8.89. The van der Waals surface area contributed by atoms with Gasteiger partial charge in [-0.2, -0.15) is 5.26 Å². The molecule has 0 spiro atoms. The van der Waals surface area contributed by atoms with E-state index in [2.05, 4.69) is 20.0 Å². The van der Waals surface area contributed by atoms with Gasteiger partial charge in [0.15, 0.2) is 0 Å². The predicted molar refractivity (Wildman–Crippen MR) is 134 cm³/mol. The molecule has 0 amide bonds. The summed E-state index contributed by atoms with van der Waals surface area (Å²) in [6.45, 7) is 0.466. The summed E-state index contributed by atoms with van der Waals surface area (Å²) in [5, 5.41) is 12.6. The summed E-state index contributed by atoms with van der Waals surface area (Å²) in [7, 11) is 0.0542. The van der Waals surface area contributed by atoms with Crippen LogP contribution in [0.5, 0.6) is 0 Å². The van der Waals surface area contributed by atoms with Gasteiger partial charge < -0.3 is 19.7 Å². The second-order valence-corrected chi connectivity index (χ2v) is 10.6. The molecule has 2 N–H and O–H groups in total. The zero-order valence-corrected chi connectivity index (χ0v) is 20.6. The Balaban J connectivity index is 1.27. The summed E-state index contributed by atoms with van der Waals surface area (Å²) in [5.41, 5.74) is 2.93. The van der Waals surface area contributed by atoms with Crippen LogP contribution in [0.1, 0.15) is 5.56 Å². The van der Waals surface area contributed by atoms with Crippen molar-refractivity contribution in [3.8, 4) is 17.3 Å². The first-order valence-electron chi connectivity index (χ1n) is 11.5. The topological polar surface area (TPSA) is 129 Å². The van der Waals surface area contributed by atoms with Gasteiger partial charge in [0.25, 0.3) is 0 Å². The highest BCUT2D eigenvalue weighted by Gasteiger charge is 2.49. The molecule has 10 nitrogen and oxygen atoms in total. The number of benzene rings is 2. The maximum absolute atomic E-state index is 12.9. The van der Waals surface area contributed by atoms with E-state index >= 15 is 0 Å². The number of nitriles is 1. The summed E-state index contributed by atoms with van der Waals surface area (Å²) < 4.78 is 40.4. The van der Waals surface area contributed by atoms with Crippen molar-refractivity contribution in [2.75, 3.05) is 37.5 Å². The molecule has 0 aliphatic carbocycles. The molecule has 1 aromatic heterocycles. The van der Waals surface area contributed by atoms with Gasteiger partial charge in [-0.25, -0.2) is 23.1 Å². The number of rotatable bonds is 7. The highest BCUT2D eigenvalue weighted by molar-refractivity contribution is 7.89. The molecular weight excluding hydrogens is 480 g/mol. The van der Waals surface area contributed by atoms with Gasteiger partial charge in [0, 0.05) is 31.5 Å². The van der Waals surface area contributed by atoms with Gasteiger partial charge in [0.1, 0.15) is 18.3 Å². The van der Waals surface area contributed by atoms with E-state index in [1.807, 2.05) is 55.4 Å². The van der Waals surface area contributed by atoms with Crippen molar-refractivity contribution in [2.45, 2.75) is 29.2 Å². The molecule has 3 aromatic rings. The zero-order valence-electron chi connectivity index (χ0n) is 19.8. The van der Waals surface area contributed by atoms with E-state index in [0.29, 0.717) is 12.6 Å². The molecule has 3 heterocycles. The van der Waals surface area contributed by atoms with Crippen molar-refractivity contribution >= 4 is 21.7 Å². The lowest BCUT2D eigenvalue weighted by molar-refractivity contribution is 0.0690. The first kappa shape index (κ1) is 24.1. The number of ether oxygens (including phenoxy) is 2. The molecule has 186 valence electrons. The molecule has 2 aliphatic rings. The van der Waals surface area contributed by atoms with Crippen LogP contribution < -0.4 is 14.9 Å². The van der Waals surface area contributed by atoms with Gasteiger partial charge >= 0.3 is 0 Å². The molecule has 36 heavy (non-hydrogen) atoms. The standard InChI is InChI=1S/C25H26N6O4S/c1-31(2)18-9-7-16(8-10-18)19-11-12-27-25(28-19)29-20-14-34-24-21(15-35-23(20)24)30-36(32,33)22-6-4-3-5-17(22)13-26/h3-12,20-21,23-24,30H,14-15H2,1-2H3,(H,27,28,29)/t20-,21-,23+,24+/m0/s1. The third-order valence-electron chi connectivity index (χ3n) is 6.31. The molecule has 0 bridgehead atoms. The van der Waals surface area contributed by atoms with Crippen LogP contribution in [0.4, 0.5) is 11.6 Å². The lowest BCUT2D eigenvalue weighted by Gasteiger charge is -2.19. The molecule has 0 radical (unpaired) electrons. The Morgan fingerprint density at radius 3 is 2.42 bits per heavy atom. The number of aromatic nitrogens is 2. The Hall–Kier alpha value is -3.56. The average Bonchev–Trinajstić information content (AvgIpc) is 3.47. The Kier molecular flexibility index (Phi) is 6.59. The third kappa shape index (κ3) is 4.76. The van der Waals surface area contributed by atoms with Gasteiger partial charge in [0.2, 0.25) is 16.0 Å². The summed E-state index contributed by atoms with van der Waals surface area (Å²) in [6.07, 6.45) is 0.834. The van der Waals surface area contributed by atoms with E-state index in [-0.39, 0.29) is 29.2 Å². The Labute approximate surface area is 209 Å². The zero-order chi connectivity index (χ0) is 25.3. The van der Waals surface area contributed by atoms with Crippen LogP contribution in [-0.2, 0) is 19.5 Å². The van der Waals surface area contributed by atoms with Gasteiger partial charge in [-0.15, -0.1) is 0 Å². The smallest absolute Gasteiger partial charge is 0.242 e. The number of fused-ring (bicyclic) bond motifs is 1. The molecule has 2 fully saturated rings. The van der Waals surface area contributed by atoms with Crippen LogP contribution in [-0.4, -0.2) is 70.0 Å². The quantitative estimate of drug-likeness (QED) is 0.494. The highest BCUT2D eigenvalue weighted by Crippen LogP contribution is 2.30. The number of hydrogen-bond donors (Lipinski definition) is 2. The molecule has 5 rings (SSSR count). The minimum Gasteiger partial charge on any atom is -0.378 e. The van der Waals surface area contributed by atoms with E-state index in [4.69, 9.17) is 9.47 Å². The minimum absolute atomic E-state index is 0.0625. The number of hydrogen-bond acceptors (Lipinski definition) is 9. The fourth-order valence-electron chi connectivity index (χ4n) is 4.47. The monoisotopic (exact) mass is 506 g/mol. The first-order valence-corrected chi connectivity index (χ1v) is 13.0. The molecule has 11 heteroatoms. The number of sulfonamides is 1. The van der Waals surface area contributed by atoms with E-state index < -0.39 is 22.2 Å². The maximum Gasteiger partial charge on any atom is 0.242 e. The normalized spacial score (nSPS) is 23.1. The summed E-state index contributed by atoms with van der Waals surface area (Å²) in [5.74, 6) is 0.439. The Morgan fingerprint density at radius 1 is 1.00 bits per heavy atom. The number of nitrogens with zero attached hydrogens (tertiary/aromatic N) is 4. The lowest BCUT2D eigenvalue weighted by Crippen LogP contribution is -2.44. The van der Waals surface area contributed by atoms with Crippen LogP contribution in [0.3, 0.4) is 0 Å². The Morgan fingerprint density at radius 2 is 1.69 bits per heavy atom. The van der Waals surface area contributed by atoms with Gasteiger partial charge in [0.05, 0.1) is 41.5 Å². The largest absolute Gasteiger partial charge is 0.378 e. The number of anilines is 2. The maximum atomic E-state index is 12.9. The van der Waals surface area contributed by atoms with Crippen molar-refractivity contribution in [3.63, 3.8) is 0 Å². The molecule has 0 unspecified atom stereocenters. The highest BCUT2D eigenvalue weighted by atomic mass is 32.2. The molecule has 4 atom stereocenters. The SMILES string of the molecule is CN(C)c1ccc(-c2ccnc(N[C@H]3CO[C@H]4[C@@H]3OC[C@@H]4NS(=O)(=O)c3ccccc3C#N)n2)cc1. The van der Waals surface area contributed by atoms with Gasteiger partial charge in [-0.05, 0) is 30.3 Å². The minimum atomic E-state index is -3.93. The van der Waals surface area contributed by atoms with Crippen LogP contribution in [0.2, 0.25) is 0 Å². The first-order chi connectivity index (χ1) is 17.4. The van der Waals surface area contributed by atoms with Crippen LogP contribution in [0, 0.1) is 11.3 Å². The van der Waals surface area contributed by atoms with E-state index in [0.717, 1.165) is 16.9 Å². The van der Waals surface area contributed by atoms with Crippen molar-refractivity contribution in [1.29, 1.82) is 5.26 Å². The summed E-state index contributed by atoms with van der Waals surface area (Å²) in [4.78, 5) is 11.0. The molecule has 2 aromatic carbocycles. The number of nitrogens with one attached hydrogen (secondary N) is 2. The van der Waals surface area contributed by atoms with Crippen LogP contribution in [0.15, 0.2) is 65.7 Å².